The predicted molar refractivity (Wildman–Crippen MR) is 119 cm³/mol. The molecule has 0 saturated carbocycles. The van der Waals surface area contributed by atoms with Gasteiger partial charge in [0.25, 0.3) is 5.91 Å². The van der Waals surface area contributed by atoms with Crippen molar-refractivity contribution in [2.45, 2.75) is 26.4 Å². The van der Waals surface area contributed by atoms with Gasteiger partial charge in [-0.15, -0.1) is 0 Å². The van der Waals surface area contributed by atoms with Gasteiger partial charge in [-0.3, -0.25) is 9.69 Å². The zero-order valence-electron chi connectivity index (χ0n) is 18.0. The molecule has 4 rings (SSSR count). The largest absolute Gasteiger partial charge is 0.338 e. The second-order valence-corrected chi connectivity index (χ2v) is 8.54. The van der Waals surface area contributed by atoms with Crippen LogP contribution in [-0.4, -0.2) is 51.7 Å². The Kier molecular flexibility index (Phi) is 6.00. The second-order valence-electron chi connectivity index (χ2n) is 8.54. The minimum atomic E-state index is 0.0854. The molecule has 3 aromatic rings. The fraction of sp³-hybridized carbons (Fsp3) is 0.360. The summed E-state index contributed by atoms with van der Waals surface area (Å²) in [6, 6.07) is 20.4. The van der Waals surface area contributed by atoms with Gasteiger partial charge in [-0.2, -0.15) is 5.10 Å². The van der Waals surface area contributed by atoms with Gasteiger partial charge in [0.05, 0.1) is 5.69 Å². The Morgan fingerprint density at radius 1 is 1.00 bits per heavy atom. The van der Waals surface area contributed by atoms with Gasteiger partial charge in [-0.25, -0.2) is 4.68 Å². The van der Waals surface area contributed by atoms with Crippen molar-refractivity contribution in [1.29, 1.82) is 0 Å². The number of rotatable bonds is 5. The van der Waals surface area contributed by atoms with E-state index in [1.54, 1.807) is 10.9 Å². The maximum absolute atomic E-state index is 13.2. The normalized spacial score (nSPS) is 20.2. The van der Waals surface area contributed by atoms with Gasteiger partial charge in [0.15, 0.2) is 0 Å². The zero-order valence-corrected chi connectivity index (χ0v) is 18.0. The Hall–Kier alpha value is -2.92. The molecule has 2 aromatic carbocycles. The second kappa shape index (κ2) is 8.84. The summed E-state index contributed by atoms with van der Waals surface area (Å²) in [4.78, 5) is 17.7. The minimum Gasteiger partial charge on any atom is -0.338 e. The molecule has 1 aliphatic heterocycles. The van der Waals surface area contributed by atoms with Crippen LogP contribution < -0.4 is 0 Å². The molecule has 156 valence electrons. The molecule has 0 N–H and O–H groups in total. The van der Waals surface area contributed by atoms with Crippen molar-refractivity contribution in [1.82, 2.24) is 19.6 Å². The van der Waals surface area contributed by atoms with Gasteiger partial charge >= 0.3 is 0 Å². The van der Waals surface area contributed by atoms with Crippen LogP contribution in [0.25, 0.3) is 5.69 Å². The maximum atomic E-state index is 13.2. The van der Waals surface area contributed by atoms with Gasteiger partial charge in [0.2, 0.25) is 0 Å². The smallest absolute Gasteiger partial charge is 0.253 e. The summed E-state index contributed by atoms with van der Waals surface area (Å²) in [6.45, 7) is 7.50. The number of carbonyl (C=O) groups excluding carboxylic acids is 1. The molecule has 0 radical (unpaired) electrons. The molecule has 5 nitrogen and oxygen atoms in total. The molecule has 1 fully saturated rings. The lowest BCUT2D eigenvalue weighted by molar-refractivity contribution is 0.0271. The first kappa shape index (κ1) is 20.4. The lowest BCUT2D eigenvalue weighted by Crippen LogP contribution is -2.55. The standard InChI is InChI=1S/C25H30N4O/c1-19-16-28(18-21-8-5-4-6-9-21)17-20(2)24(19)27(3)25(30)22-10-12-23(13-11-22)29-15-7-14-26-29/h4-15,19-20,24H,16-18H2,1-3H3/t19-,20-/m1/s1. The average molecular weight is 403 g/mol. The van der Waals surface area contributed by atoms with Crippen LogP contribution in [0.4, 0.5) is 0 Å². The van der Waals surface area contributed by atoms with Crippen molar-refractivity contribution in [3.05, 3.63) is 84.2 Å². The molecule has 0 aliphatic carbocycles. The van der Waals surface area contributed by atoms with E-state index in [1.165, 1.54) is 5.56 Å². The average Bonchev–Trinajstić information content (AvgIpc) is 3.28. The van der Waals surface area contributed by atoms with Gasteiger partial charge in [-0.05, 0) is 47.7 Å². The molecule has 30 heavy (non-hydrogen) atoms. The fourth-order valence-corrected chi connectivity index (χ4v) is 4.92. The number of likely N-dealkylation sites (tertiary alicyclic amines) is 1. The van der Waals surface area contributed by atoms with E-state index in [1.807, 2.05) is 48.5 Å². The number of benzene rings is 2. The molecule has 1 amide bonds. The molecule has 1 saturated heterocycles. The van der Waals surface area contributed by atoms with E-state index in [-0.39, 0.29) is 11.9 Å². The van der Waals surface area contributed by atoms with E-state index in [2.05, 4.69) is 54.2 Å². The highest BCUT2D eigenvalue weighted by Gasteiger charge is 2.36. The van der Waals surface area contributed by atoms with Gasteiger partial charge in [0, 0.05) is 50.7 Å². The lowest BCUT2D eigenvalue weighted by Gasteiger charge is -2.45. The van der Waals surface area contributed by atoms with Crippen molar-refractivity contribution in [2.75, 3.05) is 20.1 Å². The first-order chi connectivity index (χ1) is 14.5. The third-order valence-electron chi connectivity index (χ3n) is 6.16. The Morgan fingerprint density at radius 2 is 1.67 bits per heavy atom. The maximum Gasteiger partial charge on any atom is 0.253 e. The topological polar surface area (TPSA) is 41.4 Å². The number of carbonyl (C=O) groups is 1. The molecular formula is C25H30N4O. The fourth-order valence-electron chi connectivity index (χ4n) is 4.92. The minimum absolute atomic E-state index is 0.0854. The van der Waals surface area contributed by atoms with Crippen LogP contribution in [0.2, 0.25) is 0 Å². The van der Waals surface area contributed by atoms with Crippen LogP contribution in [0, 0.1) is 11.8 Å². The SMILES string of the molecule is C[C@@H]1CN(Cc2ccccc2)C[C@@H](C)C1N(C)C(=O)c1ccc(-n2cccn2)cc1. The first-order valence-electron chi connectivity index (χ1n) is 10.7. The third-order valence-corrected chi connectivity index (χ3v) is 6.16. The van der Waals surface area contributed by atoms with Crippen LogP contribution in [-0.2, 0) is 6.54 Å². The molecule has 1 aliphatic rings. The van der Waals surface area contributed by atoms with E-state index in [9.17, 15) is 4.79 Å². The quantitative estimate of drug-likeness (QED) is 0.645. The predicted octanol–water partition coefficient (Wildman–Crippen LogP) is 4.10. The highest BCUT2D eigenvalue weighted by Crippen LogP contribution is 2.28. The number of amides is 1. The van der Waals surface area contributed by atoms with Crippen LogP contribution >= 0.6 is 0 Å². The summed E-state index contributed by atoms with van der Waals surface area (Å²) in [5.74, 6) is 0.909. The Morgan fingerprint density at radius 3 is 2.27 bits per heavy atom. The Bertz CT molecular complexity index is 941. The van der Waals surface area contributed by atoms with Crippen molar-refractivity contribution in [2.24, 2.45) is 11.8 Å². The van der Waals surface area contributed by atoms with Crippen molar-refractivity contribution in [3.8, 4) is 5.69 Å². The summed E-state index contributed by atoms with van der Waals surface area (Å²) in [5.41, 5.74) is 3.02. The van der Waals surface area contributed by atoms with Crippen molar-refractivity contribution >= 4 is 5.91 Å². The summed E-state index contributed by atoms with van der Waals surface area (Å²) < 4.78 is 1.80. The lowest BCUT2D eigenvalue weighted by atomic mass is 9.84. The summed E-state index contributed by atoms with van der Waals surface area (Å²) in [7, 11) is 1.95. The van der Waals surface area contributed by atoms with E-state index < -0.39 is 0 Å². The molecular weight excluding hydrogens is 372 g/mol. The van der Waals surface area contributed by atoms with E-state index in [4.69, 9.17) is 0 Å². The van der Waals surface area contributed by atoms with Crippen molar-refractivity contribution < 1.29 is 4.79 Å². The van der Waals surface area contributed by atoms with E-state index >= 15 is 0 Å². The number of nitrogens with zero attached hydrogens (tertiary/aromatic N) is 4. The molecule has 5 heteroatoms. The Labute approximate surface area is 178 Å². The molecule has 0 bridgehead atoms. The van der Waals surface area contributed by atoms with Gasteiger partial charge < -0.3 is 4.90 Å². The molecule has 2 heterocycles. The number of hydrogen-bond donors (Lipinski definition) is 0. The third kappa shape index (κ3) is 4.31. The summed E-state index contributed by atoms with van der Waals surface area (Å²) >= 11 is 0. The van der Waals surface area contributed by atoms with E-state index in [0.717, 1.165) is 30.9 Å². The highest BCUT2D eigenvalue weighted by atomic mass is 16.2. The zero-order chi connectivity index (χ0) is 21.1. The Balaban J connectivity index is 1.42. The molecule has 0 spiro atoms. The molecule has 1 aromatic heterocycles. The van der Waals surface area contributed by atoms with Crippen LogP contribution in [0.3, 0.4) is 0 Å². The van der Waals surface area contributed by atoms with Crippen LogP contribution in [0.15, 0.2) is 73.1 Å². The summed E-state index contributed by atoms with van der Waals surface area (Å²) in [6.07, 6.45) is 3.65. The summed E-state index contributed by atoms with van der Waals surface area (Å²) in [5, 5.41) is 4.24. The van der Waals surface area contributed by atoms with Crippen molar-refractivity contribution in [3.63, 3.8) is 0 Å². The monoisotopic (exact) mass is 402 g/mol. The number of piperidine rings is 1. The van der Waals surface area contributed by atoms with Gasteiger partial charge in [-0.1, -0.05) is 44.2 Å². The first-order valence-corrected chi connectivity index (χ1v) is 10.7. The highest BCUT2D eigenvalue weighted by molar-refractivity contribution is 5.94. The van der Waals surface area contributed by atoms with E-state index in [0.29, 0.717) is 11.8 Å². The molecule has 2 atom stereocenters. The van der Waals surface area contributed by atoms with Crippen LogP contribution in [0.5, 0.6) is 0 Å². The van der Waals surface area contributed by atoms with Gasteiger partial charge in [0.1, 0.15) is 0 Å². The number of hydrogen-bond acceptors (Lipinski definition) is 3. The molecule has 0 unspecified atom stereocenters. The van der Waals surface area contributed by atoms with Crippen LogP contribution in [0.1, 0.15) is 29.8 Å². The number of aromatic nitrogens is 2.